The zero-order valence-electron chi connectivity index (χ0n) is 18.4. The summed E-state index contributed by atoms with van der Waals surface area (Å²) in [4.78, 5) is 29.3. The van der Waals surface area contributed by atoms with Crippen molar-refractivity contribution in [3.63, 3.8) is 0 Å². The summed E-state index contributed by atoms with van der Waals surface area (Å²) >= 11 is 7.47. The molecular weight excluding hydrogens is 462 g/mol. The summed E-state index contributed by atoms with van der Waals surface area (Å²) in [5.74, 6) is 0.325. The minimum Gasteiger partial charge on any atom is -0.497 e. The molecule has 0 bridgehead atoms. The third-order valence-corrected chi connectivity index (χ3v) is 7.06. The number of anilines is 2. The molecule has 0 aromatic heterocycles. The lowest BCUT2D eigenvalue weighted by Crippen LogP contribution is -2.52. The van der Waals surface area contributed by atoms with Crippen molar-refractivity contribution in [2.45, 2.75) is 31.7 Å². The van der Waals surface area contributed by atoms with Crippen LogP contribution in [0.1, 0.15) is 18.9 Å². The molecule has 0 saturated heterocycles. The minimum absolute atomic E-state index is 0.154. The first kappa shape index (κ1) is 23.0. The van der Waals surface area contributed by atoms with Crippen molar-refractivity contribution in [2.24, 2.45) is 5.10 Å². The second kappa shape index (κ2) is 9.76. The van der Waals surface area contributed by atoms with E-state index >= 15 is 0 Å². The van der Waals surface area contributed by atoms with Gasteiger partial charge in [0.2, 0.25) is 12.1 Å². The molecule has 4 rings (SSSR count). The van der Waals surface area contributed by atoms with Gasteiger partial charge >= 0.3 is 0 Å². The zero-order valence-corrected chi connectivity index (χ0v) is 20.0. The maximum Gasteiger partial charge on any atom is 0.276 e. The first-order chi connectivity index (χ1) is 15.9. The van der Waals surface area contributed by atoms with E-state index in [0.29, 0.717) is 33.7 Å². The van der Waals surface area contributed by atoms with Gasteiger partial charge < -0.3 is 10.1 Å². The first-order valence-corrected chi connectivity index (χ1v) is 11.7. The van der Waals surface area contributed by atoms with Crippen molar-refractivity contribution in [1.82, 2.24) is 10.3 Å². The molecule has 0 aliphatic carbocycles. The number of amidine groups is 1. The van der Waals surface area contributed by atoms with Gasteiger partial charge in [0.1, 0.15) is 5.75 Å². The molecule has 0 saturated carbocycles. The van der Waals surface area contributed by atoms with Crippen LogP contribution in [0.15, 0.2) is 60.0 Å². The monoisotopic (exact) mass is 485 g/mol. The van der Waals surface area contributed by atoms with Gasteiger partial charge in [-0.1, -0.05) is 42.4 Å². The number of methoxy groups -OCH3 is 1. The van der Waals surface area contributed by atoms with Crippen LogP contribution in [0, 0.1) is 6.92 Å². The van der Waals surface area contributed by atoms with Gasteiger partial charge in [0, 0.05) is 29.2 Å². The highest BCUT2D eigenvalue weighted by Crippen LogP contribution is 2.30. The number of carbonyl (C=O) groups excluding carboxylic acids is 2. The second-order valence-corrected chi connectivity index (χ2v) is 9.09. The number of carbonyl (C=O) groups is 2. The Morgan fingerprint density at radius 1 is 1.30 bits per heavy atom. The summed E-state index contributed by atoms with van der Waals surface area (Å²) in [6.07, 6.45) is 3.37. The molecule has 2 unspecified atom stereocenters. The van der Waals surface area contributed by atoms with E-state index in [1.807, 2.05) is 44.2 Å². The van der Waals surface area contributed by atoms with Crippen molar-refractivity contribution in [1.29, 1.82) is 0 Å². The van der Waals surface area contributed by atoms with Crippen molar-refractivity contribution in [3.05, 3.63) is 65.5 Å². The zero-order chi connectivity index (χ0) is 23.5. The maximum absolute atomic E-state index is 13.1. The standard InChI is InChI=1S/C23H24ClN5O3S/c1-4-19(21(30)25-15-9-8-14(2)18(24)12-15)33-23-27-26-20-22(31)28(10-11-29(20)23)16-6-5-7-17(13-16)32-3/h5-13,19-20,26H,4H2,1-3H3,(H,25,30). The predicted molar refractivity (Wildman–Crippen MR) is 132 cm³/mol. The Kier molecular flexibility index (Phi) is 6.80. The number of hydrogen-bond acceptors (Lipinski definition) is 7. The third kappa shape index (κ3) is 4.79. The maximum atomic E-state index is 13.1. The fourth-order valence-electron chi connectivity index (χ4n) is 3.42. The van der Waals surface area contributed by atoms with Crippen molar-refractivity contribution < 1.29 is 14.3 Å². The van der Waals surface area contributed by atoms with Crippen LogP contribution in [0.4, 0.5) is 11.4 Å². The van der Waals surface area contributed by atoms with Gasteiger partial charge in [0.05, 0.1) is 18.0 Å². The fourth-order valence-corrected chi connectivity index (χ4v) is 4.58. The Labute approximate surface area is 201 Å². The molecular formula is C23H24ClN5O3S. The SMILES string of the molecule is CCC(SC1=NNC2C(=O)N(c3cccc(OC)c3)C=CN12)C(=O)Nc1ccc(C)c(Cl)c1. The molecule has 2 heterocycles. The number of benzene rings is 2. The molecule has 0 spiro atoms. The Balaban J connectivity index is 1.45. The number of halogens is 1. The molecule has 2 aromatic rings. The Hall–Kier alpha value is -3.17. The minimum atomic E-state index is -0.680. The van der Waals surface area contributed by atoms with Crippen LogP contribution in [0.2, 0.25) is 5.02 Å². The van der Waals surface area contributed by atoms with E-state index in [2.05, 4.69) is 15.8 Å². The number of amides is 2. The second-order valence-electron chi connectivity index (χ2n) is 7.51. The van der Waals surface area contributed by atoms with Crippen molar-refractivity contribution in [2.75, 3.05) is 17.3 Å². The van der Waals surface area contributed by atoms with Gasteiger partial charge in [-0.05, 0) is 43.2 Å². The van der Waals surface area contributed by atoms with E-state index < -0.39 is 11.4 Å². The fraction of sp³-hybridized carbons (Fsp3) is 0.261. The number of hydrogen-bond donors (Lipinski definition) is 2. The van der Waals surface area contributed by atoms with Crippen molar-refractivity contribution >= 4 is 51.7 Å². The number of nitrogens with zero attached hydrogens (tertiary/aromatic N) is 3. The number of fused-ring (bicyclic) bond motifs is 1. The summed E-state index contributed by atoms with van der Waals surface area (Å²) < 4.78 is 5.26. The van der Waals surface area contributed by atoms with Crippen molar-refractivity contribution in [3.8, 4) is 5.75 Å². The molecule has 2 aliphatic heterocycles. The van der Waals surface area contributed by atoms with Gasteiger partial charge in [-0.15, -0.1) is 0 Å². The van der Waals surface area contributed by atoms with Gasteiger partial charge in [-0.2, -0.15) is 5.10 Å². The number of nitrogens with one attached hydrogen (secondary N) is 2. The quantitative estimate of drug-likeness (QED) is 0.640. The lowest BCUT2D eigenvalue weighted by Gasteiger charge is -2.32. The highest BCUT2D eigenvalue weighted by Gasteiger charge is 2.39. The molecule has 8 nitrogen and oxygen atoms in total. The lowest BCUT2D eigenvalue weighted by molar-refractivity contribution is -0.122. The van der Waals surface area contributed by atoms with E-state index in [1.54, 1.807) is 41.4 Å². The largest absolute Gasteiger partial charge is 0.497 e. The molecule has 172 valence electrons. The first-order valence-electron chi connectivity index (χ1n) is 10.4. The molecule has 33 heavy (non-hydrogen) atoms. The predicted octanol–water partition coefficient (Wildman–Crippen LogP) is 4.13. The Bertz CT molecular complexity index is 1140. The molecule has 2 amide bonds. The highest BCUT2D eigenvalue weighted by atomic mass is 35.5. The van der Waals surface area contributed by atoms with E-state index in [9.17, 15) is 9.59 Å². The third-order valence-electron chi connectivity index (χ3n) is 5.31. The summed E-state index contributed by atoms with van der Waals surface area (Å²) in [7, 11) is 1.58. The van der Waals surface area contributed by atoms with Crippen LogP contribution < -0.4 is 20.4 Å². The average Bonchev–Trinajstić information content (AvgIpc) is 3.23. The summed E-state index contributed by atoms with van der Waals surface area (Å²) in [6.45, 7) is 3.84. The molecule has 2 atom stereocenters. The number of aryl methyl sites for hydroxylation is 1. The summed E-state index contributed by atoms with van der Waals surface area (Å²) in [5.41, 5.74) is 5.17. The molecule has 0 fully saturated rings. The van der Waals surface area contributed by atoms with Crippen LogP contribution >= 0.6 is 23.4 Å². The Morgan fingerprint density at radius 3 is 2.85 bits per heavy atom. The summed E-state index contributed by atoms with van der Waals surface area (Å²) in [6, 6.07) is 12.7. The van der Waals surface area contributed by atoms with Gasteiger partial charge in [0.15, 0.2) is 5.17 Å². The van der Waals surface area contributed by atoms with Crippen LogP contribution in [-0.4, -0.2) is 40.4 Å². The van der Waals surface area contributed by atoms with Crippen LogP contribution in [0.3, 0.4) is 0 Å². The highest BCUT2D eigenvalue weighted by molar-refractivity contribution is 8.14. The van der Waals surface area contributed by atoms with Crippen LogP contribution in [-0.2, 0) is 9.59 Å². The average molecular weight is 486 g/mol. The summed E-state index contributed by atoms with van der Waals surface area (Å²) in [5, 5.41) is 7.99. The topological polar surface area (TPSA) is 86.3 Å². The number of hydrazone groups is 1. The van der Waals surface area contributed by atoms with Gasteiger partial charge in [-0.25, -0.2) is 0 Å². The van der Waals surface area contributed by atoms with E-state index in [1.165, 1.54) is 11.8 Å². The molecule has 10 heteroatoms. The number of thioether (sulfide) groups is 1. The van der Waals surface area contributed by atoms with Gasteiger partial charge in [0.25, 0.3) is 5.91 Å². The lowest BCUT2D eigenvalue weighted by atomic mass is 10.2. The number of rotatable bonds is 6. The molecule has 0 radical (unpaired) electrons. The molecule has 2 aromatic carbocycles. The van der Waals surface area contributed by atoms with Crippen LogP contribution in [0.25, 0.3) is 0 Å². The van der Waals surface area contributed by atoms with E-state index in [0.717, 1.165) is 5.56 Å². The van der Waals surface area contributed by atoms with E-state index in [4.69, 9.17) is 16.3 Å². The van der Waals surface area contributed by atoms with Crippen LogP contribution in [0.5, 0.6) is 5.75 Å². The van der Waals surface area contributed by atoms with E-state index in [-0.39, 0.29) is 11.8 Å². The molecule has 2 aliphatic rings. The van der Waals surface area contributed by atoms with Gasteiger partial charge in [-0.3, -0.25) is 24.8 Å². The smallest absolute Gasteiger partial charge is 0.276 e. The molecule has 2 N–H and O–H groups in total. The Morgan fingerprint density at radius 2 is 2.12 bits per heavy atom. The number of ether oxygens (including phenoxy) is 1. The normalized spacial score (nSPS) is 17.9.